The lowest BCUT2D eigenvalue weighted by molar-refractivity contribution is -0.121. The third kappa shape index (κ3) is 4.02. The van der Waals surface area contributed by atoms with Gasteiger partial charge in [0.25, 0.3) is 0 Å². The van der Waals surface area contributed by atoms with E-state index in [9.17, 15) is 15.0 Å². The molecule has 2 unspecified atom stereocenters. The molecule has 0 bridgehead atoms. The molecular formula is C20H30O3. The molecule has 3 heteroatoms. The van der Waals surface area contributed by atoms with E-state index in [2.05, 4.69) is 26.8 Å². The summed E-state index contributed by atoms with van der Waals surface area (Å²) in [5.41, 5.74) is 2.79. The fourth-order valence-electron chi connectivity index (χ4n) is 3.67. The summed E-state index contributed by atoms with van der Waals surface area (Å²) < 4.78 is 0. The second kappa shape index (κ2) is 6.74. The predicted octanol–water partition coefficient (Wildman–Crippen LogP) is 3.57. The number of hydrogen-bond donors (Lipinski definition) is 2. The van der Waals surface area contributed by atoms with Gasteiger partial charge in [-0.2, -0.15) is 0 Å². The zero-order valence-electron chi connectivity index (χ0n) is 15.0. The van der Waals surface area contributed by atoms with Crippen LogP contribution in [0.1, 0.15) is 53.9 Å². The summed E-state index contributed by atoms with van der Waals surface area (Å²) in [7, 11) is 0. The summed E-state index contributed by atoms with van der Waals surface area (Å²) in [6.07, 6.45) is 6.44. The van der Waals surface area contributed by atoms with Gasteiger partial charge >= 0.3 is 0 Å². The van der Waals surface area contributed by atoms with Crippen LogP contribution in [0.4, 0.5) is 0 Å². The molecule has 4 atom stereocenters. The Labute approximate surface area is 139 Å². The van der Waals surface area contributed by atoms with Crippen molar-refractivity contribution in [2.45, 2.75) is 66.1 Å². The second-order valence-corrected chi connectivity index (χ2v) is 7.86. The van der Waals surface area contributed by atoms with E-state index in [4.69, 9.17) is 0 Å². The first-order valence-electron chi connectivity index (χ1n) is 8.57. The van der Waals surface area contributed by atoms with Gasteiger partial charge in [0.15, 0.2) is 5.78 Å². The van der Waals surface area contributed by atoms with E-state index in [1.54, 1.807) is 13.8 Å². The van der Waals surface area contributed by atoms with Crippen LogP contribution in [0, 0.1) is 17.3 Å². The van der Waals surface area contributed by atoms with Gasteiger partial charge in [0.2, 0.25) is 0 Å². The molecule has 0 aromatic carbocycles. The van der Waals surface area contributed by atoms with Crippen molar-refractivity contribution in [3.63, 3.8) is 0 Å². The Morgan fingerprint density at radius 2 is 1.78 bits per heavy atom. The molecular weight excluding hydrogens is 288 g/mol. The minimum Gasteiger partial charge on any atom is -0.388 e. The first kappa shape index (κ1) is 18.2. The number of hydrogen-bond acceptors (Lipinski definition) is 3. The maximum absolute atomic E-state index is 12.3. The highest BCUT2D eigenvalue weighted by Gasteiger charge is 2.55. The molecule has 1 saturated carbocycles. The molecule has 23 heavy (non-hydrogen) atoms. The molecule has 2 aliphatic rings. The van der Waals surface area contributed by atoms with E-state index in [0.717, 1.165) is 12.8 Å². The summed E-state index contributed by atoms with van der Waals surface area (Å²) in [5.74, 6) is 0.725. The van der Waals surface area contributed by atoms with E-state index in [1.165, 1.54) is 11.6 Å². The van der Waals surface area contributed by atoms with Crippen LogP contribution in [0.5, 0.6) is 0 Å². The van der Waals surface area contributed by atoms with Crippen LogP contribution in [-0.2, 0) is 4.79 Å². The zero-order valence-corrected chi connectivity index (χ0v) is 15.0. The third-order valence-corrected chi connectivity index (χ3v) is 5.71. The Balaban J connectivity index is 2.30. The van der Waals surface area contributed by atoms with Gasteiger partial charge in [0, 0.05) is 0 Å². The SMILES string of the molecule is CC1=CCC(O)C(C)=CC(O)C(=O)C(C)=C[C@@H]2[C@H](CC1)C2(C)C. The van der Waals surface area contributed by atoms with E-state index in [1.807, 2.05) is 6.08 Å². The summed E-state index contributed by atoms with van der Waals surface area (Å²) in [6, 6.07) is 0. The predicted molar refractivity (Wildman–Crippen MR) is 92.9 cm³/mol. The smallest absolute Gasteiger partial charge is 0.190 e. The quantitative estimate of drug-likeness (QED) is 0.671. The Kier molecular flexibility index (Phi) is 5.32. The maximum Gasteiger partial charge on any atom is 0.190 e. The van der Waals surface area contributed by atoms with Crippen molar-refractivity contribution < 1.29 is 15.0 Å². The summed E-state index contributed by atoms with van der Waals surface area (Å²) in [4.78, 5) is 12.3. The van der Waals surface area contributed by atoms with Gasteiger partial charge < -0.3 is 10.2 Å². The lowest BCUT2D eigenvalue weighted by Crippen LogP contribution is -2.21. The van der Waals surface area contributed by atoms with Gasteiger partial charge in [-0.25, -0.2) is 0 Å². The van der Waals surface area contributed by atoms with Crippen molar-refractivity contribution in [3.8, 4) is 0 Å². The number of fused-ring (bicyclic) bond motifs is 1. The van der Waals surface area contributed by atoms with E-state index in [0.29, 0.717) is 29.4 Å². The van der Waals surface area contributed by atoms with Gasteiger partial charge in [0.05, 0.1) is 6.10 Å². The van der Waals surface area contributed by atoms with Crippen molar-refractivity contribution in [2.75, 3.05) is 0 Å². The Bertz CT molecular complexity index is 565. The van der Waals surface area contributed by atoms with Crippen molar-refractivity contribution >= 4 is 5.78 Å². The highest BCUT2D eigenvalue weighted by atomic mass is 16.3. The fraction of sp³-hybridized carbons (Fsp3) is 0.650. The van der Waals surface area contributed by atoms with Gasteiger partial charge in [-0.05, 0) is 74.5 Å². The first-order valence-corrected chi connectivity index (χ1v) is 8.57. The zero-order chi connectivity index (χ0) is 17.4. The molecule has 0 heterocycles. The lowest BCUT2D eigenvalue weighted by Gasteiger charge is -2.13. The number of carbonyl (C=O) groups excluding carboxylic acids is 1. The number of allylic oxidation sites excluding steroid dienone is 2. The molecule has 2 N–H and O–H groups in total. The number of Topliss-reactive ketones (excluding diaryl/α,β-unsaturated/α-hetero) is 1. The average Bonchev–Trinajstić information content (AvgIpc) is 3.00. The Hall–Kier alpha value is -1.19. The molecule has 128 valence electrons. The van der Waals surface area contributed by atoms with Gasteiger partial charge in [-0.15, -0.1) is 0 Å². The number of rotatable bonds is 0. The normalized spacial score (nSPS) is 35.4. The molecule has 0 aromatic rings. The molecule has 2 aliphatic carbocycles. The minimum atomic E-state index is -1.17. The van der Waals surface area contributed by atoms with Crippen LogP contribution in [0.2, 0.25) is 0 Å². The molecule has 0 amide bonds. The van der Waals surface area contributed by atoms with Crippen LogP contribution >= 0.6 is 0 Å². The largest absolute Gasteiger partial charge is 0.388 e. The van der Waals surface area contributed by atoms with Crippen molar-refractivity contribution in [1.29, 1.82) is 0 Å². The molecule has 3 nitrogen and oxygen atoms in total. The van der Waals surface area contributed by atoms with Gasteiger partial charge in [-0.3, -0.25) is 4.79 Å². The van der Waals surface area contributed by atoms with E-state index in [-0.39, 0.29) is 11.2 Å². The van der Waals surface area contributed by atoms with Crippen LogP contribution in [-0.4, -0.2) is 28.2 Å². The Morgan fingerprint density at radius 1 is 1.13 bits per heavy atom. The van der Waals surface area contributed by atoms with Crippen LogP contribution in [0.25, 0.3) is 0 Å². The number of aliphatic hydroxyl groups is 2. The molecule has 0 spiro atoms. The fourth-order valence-corrected chi connectivity index (χ4v) is 3.67. The molecule has 0 saturated heterocycles. The topological polar surface area (TPSA) is 57.5 Å². The average molecular weight is 318 g/mol. The Morgan fingerprint density at radius 3 is 2.43 bits per heavy atom. The lowest BCUT2D eigenvalue weighted by atomic mass is 9.98. The second-order valence-electron chi connectivity index (χ2n) is 7.86. The maximum atomic E-state index is 12.3. The summed E-state index contributed by atoms with van der Waals surface area (Å²) in [5, 5.41) is 20.3. The first-order chi connectivity index (χ1) is 10.6. The highest BCUT2D eigenvalue weighted by Crippen LogP contribution is 2.61. The van der Waals surface area contributed by atoms with Gasteiger partial charge in [-0.1, -0.05) is 31.6 Å². The minimum absolute atomic E-state index is 0.220. The third-order valence-electron chi connectivity index (χ3n) is 5.71. The molecule has 0 aromatic heterocycles. The molecule has 1 fully saturated rings. The summed E-state index contributed by atoms with van der Waals surface area (Å²) in [6.45, 7) is 10.2. The van der Waals surface area contributed by atoms with Crippen LogP contribution < -0.4 is 0 Å². The van der Waals surface area contributed by atoms with Crippen LogP contribution in [0.3, 0.4) is 0 Å². The van der Waals surface area contributed by atoms with Crippen molar-refractivity contribution in [2.24, 2.45) is 17.3 Å². The summed E-state index contributed by atoms with van der Waals surface area (Å²) >= 11 is 0. The molecule has 2 rings (SSSR count). The monoisotopic (exact) mass is 318 g/mol. The number of carbonyl (C=O) groups is 1. The van der Waals surface area contributed by atoms with E-state index >= 15 is 0 Å². The standard InChI is InChI=1S/C20H30O3/c1-12-6-8-15-16(20(15,4)5)10-14(3)19(23)18(22)11-13(2)17(21)9-7-12/h7,10-11,15-18,21-22H,6,8-9H2,1-5H3/t15-,16+,17?,18?/m0/s1. The molecule has 0 aliphatic heterocycles. The number of ketones is 1. The molecule has 0 radical (unpaired) electrons. The van der Waals surface area contributed by atoms with Crippen LogP contribution in [0.15, 0.2) is 34.9 Å². The van der Waals surface area contributed by atoms with E-state index < -0.39 is 12.2 Å². The number of aliphatic hydroxyl groups excluding tert-OH is 2. The van der Waals surface area contributed by atoms with Gasteiger partial charge in [0.1, 0.15) is 6.10 Å². The highest BCUT2D eigenvalue weighted by molar-refractivity contribution is 5.99. The van der Waals surface area contributed by atoms with Crippen molar-refractivity contribution in [3.05, 3.63) is 34.9 Å². The van der Waals surface area contributed by atoms with Crippen molar-refractivity contribution in [1.82, 2.24) is 0 Å².